The van der Waals surface area contributed by atoms with Gasteiger partial charge in [-0.3, -0.25) is 4.79 Å². The SMILES string of the molecule is CCNC(=NCc1ccc(C(=O)NC)cc1)NC(C)CCc1ccccc1.I. The molecule has 1 unspecified atom stereocenters. The second-order valence-electron chi connectivity index (χ2n) is 6.54. The van der Waals surface area contributed by atoms with E-state index in [1.165, 1.54) is 5.56 Å². The van der Waals surface area contributed by atoms with Crippen molar-refractivity contribution in [2.75, 3.05) is 13.6 Å². The van der Waals surface area contributed by atoms with Gasteiger partial charge in [0.15, 0.2) is 5.96 Å². The van der Waals surface area contributed by atoms with Crippen molar-refractivity contribution in [2.24, 2.45) is 4.99 Å². The topological polar surface area (TPSA) is 65.5 Å². The zero-order valence-electron chi connectivity index (χ0n) is 16.9. The minimum Gasteiger partial charge on any atom is -0.357 e. The highest BCUT2D eigenvalue weighted by molar-refractivity contribution is 14.0. The molecule has 2 rings (SSSR count). The summed E-state index contributed by atoms with van der Waals surface area (Å²) in [5, 5.41) is 9.39. The Kier molecular flexibility index (Phi) is 11.2. The summed E-state index contributed by atoms with van der Waals surface area (Å²) in [6.45, 7) is 5.61. The molecule has 3 N–H and O–H groups in total. The molecule has 0 saturated heterocycles. The third kappa shape index (κ3) is 8.29. The quantitative estimate of drug-likeness (QED) is 0.298. The summed E-state index contributed by atoms with van der Waals surface area (Å²) in [4.78, 5) is 16.3. The van der Waals surface area contributed by atoms with Gasteiger partial charge in [-0.05, 0) is 49.9 Å². The van der Waals surface area contributed by atoms with Gasteiger partial charge in [0.05, 0.1) is 6.54 Å². The molecule has 0 aromatic heterocycles. The van der Waals surface area contributed by atoms with Gasteiger partial charge in [-0.15, -0.1) is 24.0 Å². The fraction of sp³-hybridized carbons (Fsp3) is 0.364. The molecule has 28 heavy (non-hydrogen) atoms. The number of carbonyl (C=O) groups excluding carboxylic acids is 1. The van der Waals surface area contributed by atoms with Gasteiger partial charge in [0.1, 0.15) is 0 Å². The third-order valence-corrected chi connectivity index (χ3v) is 4.30. The second-order valence-corrected chi connectivity index (χ2v) is 6.54. The molecule has 0 bridgehead atoms. The average molecular weight is 494 g/mol. The van der Waals surface area contributed by atoms with E-state index >= 15 is 0 Å². The van der Waals surface area contributed by atoms with E-state index in [4.69, 9.17) is 0 Å². The van der Waals surface area contributed by atoms with E-state index in [9.17, 15) is 4.79 Å². The van der Waals surface area contributed by atoms with Crippen molar-refractivity contribution in [3.8, 4) is 0 Å². The van der Waals surface area contributed by atoms with Crippen LogP contribution in [0.15, 0.2) is 59.6 Å². The molecule has 0 aliphatic heterocycles. The molecule has 0 aliphatic rings. The molecule has 1 amide bonds. The van der Waals surface area contributed by atoms with Gasteiger partial charge in [0, 0.05) is 25.2 Å². The van der Waals surface area contributed by atoms with Crippen LogP contribution in [0.4, 0.5) is 0 Å². The van der Waals surface area contributed by atoms with Crippen LogP contribution >= 0.6 is 24.0 Å². The van der Waals surface area contributed by atoms with Gasteiger partial charge < -0.3 is 16.0 Å². The van der Waals surface area contributed by atoms with Crippen LogP contribution in [0.5, 0.6) is 0 Å². The van der Waals surface area contributed by atoms with Crippen molar-refractivity contribution >= 4 is 35.8 Å². The van der Waals surface area contributed by atoms with E-state index in [-0.39, 0.29) is 29.9 Å². The predicted octanol–water partition coefficient (Wildman–Crippen LogP) is 3.74. The summed E-state index contributed by atoms with van der Waals surface area (Å²) in [6, 6.07) is 18.4. The number of nitrogens with zero attached hydrogens (tertiary/aromatic N) is 1. The number of hydrogen-bond acceptors (Lipinski definition) is 2. The first kappa shape index (κ1) is 23.9. The maximum Gasteiger partial charge on any atom is 0.251 e. The fourth-order valence-corrected chi connectivity index (χ4v) is 2.73. The number of amides is 1. The normalized spacial score (nSPS) is 11.9. The molecule has 2 aromatic rings. The van der Waals surface area contributed by atoms with E-state index in [1.807, 2.05) is 30.3 Å². The van der Waals surface area contributed by atoms with Crippen LogP contribution in [0.25, 0.3) is 0 Å². The lowest BCUT2D eigenvalue weighted by molar-refractivity contribution is 0.0963. The standard InChI is InChI=1S/C22H30N4O.HI/c1-4-24-22(26-17(2)10-11-18-8-6-5-7-9-18)25-16-19-12-14-20(15-13-19)21(27)23-3;/h5-9,12-15,17H,4,10-11,16H2,1-3H3,(H,23,27)(H2,24,25,26);1H. The van der Waals surface area contributed by atoms with Gasteiger partial charge in [0.25, 0.3) is 5.91 Å². The molecular formula is C22H31IN4O. The highest BCUT2D eigenvalue weighted by atomic mass is 127. The summed E-state index contributed by atoms with van der Waals surface area (Å²) in [7, 11) is 1.63. The van der Waals surface area contributed by atoms with E-state index < -0.39 is 0 Å². The molecule has 6 heteroatoms. The Hall–Kier alpha value is -2.09. The lowest BCUT2D eigenvalue weighted by atomic mass is 10.1. The van der Waals surface area contributed by atoms with Gasteiger partial charge in [-0.25, -0.2) is 4.99 Å². The molecule has 0 aliphatic carbocycles. The van der Waals surface area contributed by atoms with Crippen molar-refractivity contribution < 1.29 is 4.79 Å². The maximum absolute atomic E-state index is 11.6. The van der Waals surface area contributed by atoms with Crippen LogP contribution in [0.2, 0.25) is 0 Å². The number of carbonyl (C=O) groups is 1. The summed E-state index contributed by atoms with van der Waals surface area (Å²) < 4.78 is 0. The van der Waals surface area contributed by atoms with Crippen molar-refractivity contribution in [1.29, 1.82) is 0 Å². The molecule has 2 aromatic carbocycles. The van der Waals surface area contributed by atoms with E-state index in [2.05, 4.69) is 59.1 Å². The number of benzene rings is 2. The molecule has 0 fully saturated rings. The first-order valence-electron chi connectivity index (χ1n) is 9.52. The van der Waals surface area contributed by atoms with Crippen LogP contribution in [-0.2, 0) is 13.0 Å². The largest absolute Gasteiger partial charge is 0.357 e. The molecule has 0 spiro atoms. The van der Waals surface area contributed by atoms with E-state index in [0.29, 0.717) is 18.2 Å². The highest BCUT2D eigenvalue weighted by Crippen LogP contribution is 2.07. The van der Waals surface area contributed by atoms with E-state index in [1.54, 1.807) is 7.05 Å². The molecule has 0 saturated carbocycles. The molecule has 152 valence electrons. The number of aryl methyl sites for hydroxylation is 1. The first-order valence-corrected chi connectivity index (χ1v) is 9.52. The predicted molar refractivity (Wildman–Crippen MR) is 127 cm³/mol. The molecule has 0 heterocycles. The van der Waals surface area contributed by atoms with Gasteiger partial charge in [-0.1, -0.05) is 42.5 Å². The summed E-state index contributed by atoms with van der Waals surface area (Å²) in [5.74, 6) is 0.737. The lowest BCUT2D eigenvalue weighted by Gasteiger charge is -2.18. The van der Waals surface area contributed by atoms with Crippen LogP contribution in [0.1, 0.15) is 41.8 Å². The van der Waals surface area contributed by atoms with Gasteiger partial charge in [-0.2, -0.15) is 0 Å². The molecule has 1 atom stereocenters. The highest BCUT2D eigenvalue weighted by Gasteiger charge is 2.06. The van der Waals surface area contributed by atoms with Crippen molar-refractivity contribution in [3.63, 3.8) is 0 Å². The zero-order valence-corrected chi connectivity index (χ0v) is 19.2. The average Bonchev–Trinajstić information content (AvgIpc) is 2.71. The molecule has 5 nitrogen and oxygen atoms in total. The summed E-state index contributed by atoms with van der Waals surface area (Å²) >= 11 is 0. The number of guanidine groups is 1. The Bertz CT molecular complexity index is 732. The van der Waals surface area contributed by atoms with Crippen LogP contribution in [-0.4, -0.2) is 31.5 Å². The third-order valence-electron chi connectivity index (χ3n) is 4.30. The Morgan fingerprint density at radius 1 is 1.04 bits per heavy atom. The monoisotopic (exact) mass is 494 g/mol. The number of aliphatic imine (C=N–C) groups is 1. The molecule has 0 radical (unpaired) electrons. The lowest BCUT2D eigenvalue weighted by Crippen LogP contribution is -2.42. The van der Waals surface area contributed by atoms with Crippen LogP contribution < -0.4 is 16.0 Å². The Balaban J connectivity index is 0.00000392. The van der Waals surface area contributed by atoms with Crippen LogP contribution in [0.3, 0.4) is 0 Å². The van der Waals surface area contributed by atoms with Crippen molar-refractivity contribution in [1.82, 2.24) is 16.0 Å². The number of halogens is 1. The second kappa shape index (κ2) is 13.1. The number of nitrogens with one attached hydrogen (secondary N) is 3. The van der Waals surface area contributed by atoms with Gasteiger partial charge in [0.2, 0.25) is 0 Å². The smallest absolute Gasteiger partial charge is 0.251 e. The van der Waals surface area contributed by atoms with Gasteiger partial charge >= 0.3 is 0 Å². The number of hydrogen-bond donors (Lipinski definition) is 3. The Morgan fingerprint density at radius 2 is 1.71 bits per heavy atom. The summed E-state index contributed by atoms with van der Waals surface area (Å²) in [6.07, 6.45) is 2.07. The Morgan fingerprint density at radius 3 is 2.32 bits per heavy atom. The first-order chi connectivity index (χ1) is 13.1. The van der Waals surface area contributed by atoms with Crippen LogP contribution in [0, 0.1) is 0 Å². The molecular weight excluding hydrogens is 463 g/mol. The zero-order chi connectivity index (χ0) is 19.5. The van der Waals surface area contributed by atoms with Crippen molar-refractivity contribution in [2.45, 2.75) is 39.3 Å². The Labute approximate surface area is 185 Å². The van der Waals surface area contributed by atoms with Crippen molar-refractivity contribution in [3.05, 3.63) is 71.3 Å². The maximum atomic E-state index is 11.6. The minimum atomic E-state index is -0.0766. The number of rotatable bonds is 8. The minimum absolute atomic E-state index is 0. The van der Waals surface area contributed by atoms with E-state index in [0.717, 1.165) is 30.9 Å². The fourth-order valence-electron chi connectivity index (χ4n) is 2.73. The summed E-state index contributed by atoms with van der Waals surface area (Å²) in [5.41, 5.74) is 3.07.